The van der Waals surface area contributed by atoms with Crippen LogP contribution in [0.15, 0.2) is 91.0 Å². The fraction of sp³-hybridized carbons (Fsp3) is 0.324. The highest BCUT2D eigenvalue weighted by molar-refractivity contribution is 7.22. The van der Waals surface area contributed by atoms with Crippen molar-refractivity contribution in [3.05, 3.63) is 165 Å². The Hall–Kier alpha value is -12.2. The number of esters is 9. The lowest BCUT2D eigenvalue weighted by Crippen LogP contribution is -2.24. The van der Waals surface area contributed by atoms with Crippen LogP contribution in [0, 0.1) is 20.2 Å². The molecule has 3 heterocycles. The Morgan fingerprint density at radius 1 is 0.374 bits per heavy atom. The molecule has 5 aromatic carbocycles. The predicted molar refractivity (Wildman–Crippen MR) is 384 cm³/mol. The van der Waals surface area contributed by atoms with Gasteiger partial charge >= 0.3 is 71.6 Å². The van der Waals surface area contributed by atoms with Gasteiger partial charge in [0.25, 0.3) is 11.4 Å². The van der Waals surface area contributed by atoms with Gasteiger partial charge in [0.1, 0.15) is 39.3 Å². The van der Waals surface area contributed by atoms with Crippen LogP contribution in [0.4, 0.5) is 11.4 Å². The molecule has 0 atom stereocenters. The Kier molecular flexibility index (Phi) is 30.2. The second-order valence-corrected chi connectivity index (χ2v) is 28.7. The zero-order chi connectivity index (χ0) is 81.1. The minimum Gasteiger partial charge on any atom is -0.505 e. The van der Waals surface area contributed by atoms with Gasteiger partial charge in [0, 0.05) is 42.4 Å². The van der Waals surface area contributed by atoms with Crippen molar-refractivity contribution >= 4 is 147 Å². The Bertz CT molecular complexity index is 4760. The number of aromatic carboxylic acids is 2. The molecule has 33 nitrogen and oxygen atoms in total. The molecule has 0 amide bonds. The lowest BCUT2D eigenvalue weighted by atomic mass is 10.1. The molecule has 0 saturated heterocycles. The number of ether oxygens (including phenoxy) is 11. The summed E-state index contributed by atoms with van der Waals surface area (Å²) in [5.41, 5.74) is -3.42. The number of hydrogen-bond acceptors (Lipinski definition) is 31. The number of carboxylic acid groups (broad SMARTS) is 3. The lowest BCUT2D eigenvalue weighted by Gasteiger charge is -2.19. The number of nitro benzene ring substituents is 2. The van der Waals surface area contributed by atoms with Crippen molar-refractivity contribution in [3.8, 4) is 17.2 Å². The van der Waals surface area contributed by atoms with Gasteiger partial charge in [-0.3, -0.25) is 20.2 Å². The van der Waals surface area contributed by atoms with Crippen LogP contribution in [-0.4, -0.2) is 173 Å². The molecule has 0 aliphatic rings. The first kappa shape index (κ1) is 87.2. The molecule has 3 aromatic heterocycles. The number of rotatable bonds is 18. The van der Waals surface area contributed by atoms with E-state index in [9.17, 15) is 88.0 Å². The van der Waals surface area contributed by atoms with Crippen molar-refractivity contribution in [2.24, 2.45) is 0 Å². The number of carbonyl (C=O) groups is 12. The summed E-state index contributed by atoms with van der Waals surface area (Å²) < 4.78 is 56.1. The maximum atomic E-state index is 12.2. The van der Waals surface area contributed by atoms with E-state index in [0.717, 1.165) is 72.5 Å². The van der Waals surface area contributed by atoms with Gasteiger partial charge in [-0.25, -0.2) is 57.5 Å². The number of hydrogen-bond donors (Lipinski definition) is 4. The maximum absolute atomic E-state index is 12.2. The molecule has 0 unspecified atom stereocenters. The summed E-state index contributed by atoms with van der Waals surface area (Å²) in [5.74, 6) is -9.30. The van der Waals surface area contributed by atoms with Crippen molar-refractivity contribution in [1.82, 2.24) is 0 Å². The Balaban J connectivity index is 0.000000285. The minimum absolute atomic E-state index is 0.000668. The third kappa shape index (κ3) is 25.3. The number of carboxylic acids is 3. The van der Waals surface area contributed by atoms with E-state index in [2.05, 4.69) is 18.9 Å². The Morgan fingerprint density at radius 2 is 0.682 bits per heavy atom. The van der Waals surface area contributed by atoms with Crippen LogP contribution in [0.5, 0.6) is 17.2 Å². The van der Waals surface area contributed by atoms with Crippen LogP contribution in [0.25, 0.3) is 30.3 Å². The number of benzene rings is 5. The fourth-order valence-electron chi connectivity index (χ4n) is 8.36. The van der Waals surface area contributed by atoms with Crippen LogP contribution in [0.3, 0.4) is 0 Å². The second-order valence-electron chi connectivity index (χ2n) is 25.5. The summed E-state index contributed by atoms with van der Waals surface area (Å²) in [4.78, 5) is 158. The van der Waals surface area contributed by atoms with Gasteiger partial charge in [0.2, 0.25) is 0 Å². The van der Waals surface area contributed by atoms with E-state index in [1.54, 1.807) is 119 Å². The quantitative estimate of drug-likeness (QED) is 0.0268. The molecule has 0 spiro atoms. The normalized spacial score (nSPS) is 10.9. The first-order valence-corrected chi connectivity index (χ1v) is 33.3. The summed E-state index contributed by atoms with van der Waals surface area (Å²) in [6.45, 7) is 20.0. The molecule has 4 N–H and O–H groups in total. The molecule has 0 saturated carbocycles. The first-order valence-electron chi connectivity index (χ1n) is 30.8. The van der Waals surface area contributed by atoms with Crippen LogP contribution < -0.4 is 9.47 Å². The summed E-state index contributed by atoms with van der Waals surface area (Å²) in [6.07, 6.45) is 0. The molecule has 0 radical (unpaired) electrons. The number of carbonyl (C=O) groups excluding carboxylic acids is 9. The topological polar surface area (TPSA) is 474 Å². The van der Waals surface area contributed by atoms with Gasteiger partial charge in [-0.1, -0.05) is 0 Å². The van der Waals surface area contributed by atoms with Crippen LogP contribution >= 0.6 is 34.0 Å². The Morgan fingerprint density at radius 3 is 1.03 bits per heavy atom. The Labute approximate surface area is 620 Å². The molecular formula is C71H74N2O31S3. The number of nitro groups is 2. The maximum Gasteiger partial charge on any atom is 0.351 e. The number of methoxy groups -OCH3 is 5. The highest BCUT2D eigenvalue weighted by atomic mass is 32.1. The van der Waals surface area contributed by atoms with E-state index in [-0.39, 0.29) is 66.3 Å². The number of nitrogens with zero attached hydrogens (tertiary/aromatic N) is 2. The summed E-state index contributed by atoms with van der Waals surface area (Å²) in [7, 11) is 5.94. The van der Waals surface area contributed by atoms with E-state index in [4.69, 9.17) is 43.4 Å². The third-order valence-electron chi connectivity index (χ3n) is 12.8. The van der Waals surface area contributed by atoms with Gasteiger partial charge in [-0.2, -0.15) is 0 Å². The largest absolute Gasteiger partial charge is 0.505 e. The van der Waals surface area contributed by atoms with Crippen LogP contribution in [0.1, 0.15) is 185 Å². The van der Waals surface area contributed by atoms with E-state index in [1.165, 1.54) is 51.7 Å². The molecule has 0 aliphatic heterocycles. The standard InChI is InChI=1S/C18H20O7S.C16H16O7S.C15H16O5S.C13H15NO6.C9H7NO6/c1-18(2,3)25-16(20)10-6-7-11-12(8-10)26-15(17(21)23-5)14(11)24-9-13(19)22-4;1-16(2,3)23-15(21)8-4-5-9-10(6-8)24-13(14(19)20)12(9)22-7-11(17)18;1-15(2,3)20-13(17)8-5-6-9-10(7-8)21-12(11(9)16)14(18)19-4;1-13(2,3)20-11(15)8-5-6-9(12(16)19-4)10(7-8)14(17)18;1-16-9(13)6-3-2-5(8(11)12)4-7(6)10(14)15/h6-8H,9H2,1-5H3;4-6H,7H2,1-3H3,(H,17,18)(H,19,20);5-7,16H,1-4H3;5-7H,1-4H3;2-4H,1H3,(H,11,12). The molecule has 8 aromatic rings. The zero-order valence-corrected chi connectivity index (χ0v) is 63.0. The van der Waals surface area contributed by atoms with E-state index in [0.29, 0.717) is 41.4 Å². The summed E-state index contributed by atoms with van der Waals surface area (Å²) in [5, 5.41) is 59.7. The van der Waals surface area contributed by atoms with Crippen molar-refractivity contribution in [2.75, 3.05) is 48.8 Å². The van der Waals surface area contributed by atoms with Crippen LogP contribution in [-0.2, 0) is 52.2 Å². The number of fused-ring (bicyclic) bond motifs is 3. The lowest BCUT2D eigenvalue weighted by molar-refractivity contribution is -0.385. The van der Waals surface area contributed by atoms with Crippen LogP contribution in [0.2, 0.25) is 0 Å². The van der Waals surface area contributed by atoms with E-state index in [1.807, 2.05) is 0 Å². The van der Waals surface area contributed by atoms with Gasteiger partial charge in [-0.15, -0.1) is 34.0 Å². The molecule has 572 valence electrons. The van der Waals surface area contributed by atoms with Crippen molar-refractivity contribution in [3.63, 3.8) is 0 Å². The molecule has 36 heteroatoms. The molecule has 0 bridgehead atoms. The monoisotopic (exact) mass is 1550 g/mol. The van der Waals surface area contributed by atoms with Gasteiger partial charge in [0.15, 0.2) is 39.3 Å². The van der Waals surface area contributed by atoms with Crippen molar-refractivity contribution in [2.45, 2.75) is 105 Å². The van der Waals surface area contributed by atoms with E-state index < -0.39 is 122 Å². The number of aromatic hydroxyl groups is 1. The predicted octanol–water partition coefficient (Wildman–Crippen LogP) is 13.0. The van der Waals surface area contributed by atoms with Gasteiger partial charge in [-0.05, 0) is 162 Å². The van der Waals surface area contributed by atoms with Crippen molar-refractivity contribution < 1.29 is 140 Å². The minimum atomic E-state index is -1.31. The van der Waals surface area contributed by atoms with Gasteiger partial charge in [0.05, 0.1) is 73.2 Å². The number of aliphatic carboxylic acids is 1. The average Bonchev–Trinajstić information content (AvgIpc) is 1.66. The smallest absolute Gasteiger partial charge is 0.351 e. The molecular weight excluding hydrogens is 1470 g/mol. The highest BCUT2D eigenvalue weighted by Gasteiger charge is 2.30. The third-order valence-corrected chi connectivity index (χ3v) is 16.1. The molecule has 107 heavy (non-hydrogen) atoms. The highest BCUT2D eigenvalue weighted by Crippen LogP contribution is 2.42. The SMILES string of the molecule is CC(C)(C)OC(=O)c1ccc2c(OCC(=O)O)c(C(=O)O)sc2c1.COC(=O)COc1c(C(=O)OC)sc2cc(C(=O)OC(C)(C)C)ccc12.COC(=O)c1ccc(C(=O)O)cc1[N+](=O)[O-].COC(=O)c1ccc(C(=O)OC(C)(C)C)cc1[N+](=O)[O-].COC(=O)c1sc2cc(C(=O)OC(C)(C)C)ccc2c1O. The summed E-state index contributed by atoms with van der Waals surface area (Å²) in [6, 6.07) is 20.5. The zero-order valence-electron chi connectivity index (χ0n) is 60.5. The second kappa shape index (κ2) is 37.0. The fourth-order valence-corrected chi connectivity index (χ4v) is 11.5. The molecule has 8 rings (SSSR count). The molecule has 0 fully saturated rings. The van der Waals surface area contributed by atoms with E-state index >= 15 is 0 Å². The average molecular weight is 1550 g/mol. The van der Waals surface area contributed by atoms with Crippen molar-refractivity contribution in [1.29, 1.82) is 0 Å². The summed E-state index contributed by atoms with van der Waals surface area (Å²) >= 11 is 3.09. The molecule has 0 aliphatic carbocycles. The first-order chi connectivity index (χ1) is 49.6. The number of thiophene rings is 3. The van der Waals surface area contributed by atoms with Gasteiger partial charge < -0.3 is 72.5 Å².